The van der Waals surface area contributed by atoms with Crippen LogP contribution in [0.25, 0.3) is 21.5 Å². The Hall–Kier alpha value is -3.49. The minimum Gasteiger partial charge on any atom is -0.871 e. The van der Waals surface area contributed by atoms with Gasteiger partial charge in [-0.1, -0.05) is 66.4 Å². The van der Waals surface area contributed by atoms with E-state index in [0.29, 0.717) is 5.39 Å². The maximum Gasteiger partial charge on any atom is 0.295 e. The molecule has 0 spiro atoms. The molecule has 0 aromatic heterocycles. The first-order valence-electron chi connectivity index (χ1n) is 8.19. The van der Waals surface area contributed by atoms with E-state index in [2.05, 4.69) is 10.2 Å². The number of fused-ring (bicyclic) bond motifs is 2. The number of phenolic OH excluding ortho intramolecular Hbond substituents is 1. The van der Waals surface area contributed by atoms with Crippen molar-refractivity contribution in [1.82, 2.24) is 0 Å². The van der Waals surface area contributed by atoms with Crippen LogP contribution in [0.4, 0.5) is 11.4 Å². The number of phenols is 1. The fraction of sp³-hybridized carbons (Fsp3) is 0. The average Bonchev–Trinajstić information content (AvgIpc) is 2.67. The predicted octanol–water partition coefficient (Wildman–Crippen LogP) is 4.43. The molecule has 7 nitrogen and oxygen atoms in total. The minimum absolute atomic E-state index is 0.00432. The van der Waals surface area contributed by atoms with Crippen molar-refractivity contribution in [3.05, 3.63) is 66.7 Å². The molecule has 0 amide bonds. The molecular weight excluding hydrogens is 380 g/mol. The van der Waals surface area contributed by atoms with Gasteiger partial charge in [0, 0.05) is 22.2 Å². The monoisotopic (exact) mass is 393 g/mol. The van der Waals surface area contributed by atoms with Gasteiger partial charge in [-0.25, -0.2) is 0 Å². The molecule has 4 aromatic rings. The minimum atomic E-state index is -4.55. The van der Waals surface area contributed by atoms with Gasteiger partial charge in [-0.15, -0.1) is 5.11 Å². The van der Waals surface area contributed by atoms with Gasteiger partial charge < -0.3 is 10.2 Å². The summed E-state index contributed by atoms with van der Waals surface area (Å²) in [4.78, 5) is -0.436. The second-order valence-corrected chi connectivity index (χ2v) is 7.49. The van der Waals surface area contributed by atoms with E-state index in [4.69, 9.17) is 0 Å². The van der Waals surface area contributed by atoms with E-state index in [0.717, 1.165) is 11.5 Å². The van der Waals surface area contributed by atoms with E-state index < -0.39 is 20.8 Å². The maximum atomic E-state index is 12.3. The lowest BCUT2D eigenvalue weighted by Crippen LogP contribution is -1.99. The summed E-state index contributed by atoms with van der Waals surface area (Å²) in [7, 11) is -4.55. The third-order valence-electron chi connectivity index (χ3n) is 4.35. The molecule has 0 aliphatic carbocycles. The Bertz CT molecular complexity index is 1360. The van der Waals surface area contributed by atoms with Crippen molar-refractivity contribution in [2.45, 2.75) is 4.90 Å². The first-order valence-corrected chi connectivity index (χ1v) is 9.63. The van der Waals surface area contributed by atoms with E-state index in [1.807, 2.05) is 12.1 Å². The van der Waals surface area contributed by atoms with Crippen LogP contribution in [0.3, 0.4) is 0 Å². The summed E-state index contributed by atoms with van der Waals surface area (Å²) in [5.41, 5.74) is 0.107. The Morgan fingerprint density at radius 1 is 0.786 bits per heavy atom. The van der Waals surface area contributed by atoms with Crippen LogP contribution < -0.4 is 5.11 Å². The highest BCUT2D eigenvalue weighted by molar-refractivity contribution is 7.86. The topological polar surface area (TPSA) is 122 Å². The smallest absolute Gasteiger partial charge is 0.295 e. The molecule has 0 fully saturated rings. The van der Waals surface area contributed by atoms with Crippen molar-refractivity contribution >= 4 is 43.0 Å². The number of nitrogens with zero attached hydrogens (tertiary/aromatic N) is 2. The lowest BCUT2D eigenvalue weighted by Gasteiger charge is -2.12. The molecule has 28 heavy (non-hydrogen) atoms. The molecule has 0 saturated carbocycles. The summed E-state index contributed by atoms with van der Waals surface area (Å²) < 4.78 is 32.7. The summed E-state index contributed by atoms with van der Waals surface area (Å²) in [6, 6.07) is 17.4. The van der Waals surface area contributed by atoms with Gasteiger partial charge in [-0.2, -0.15) is 13.5 Å². The fourth-order valence-corrected chi connectivity index (χ4v) is 3.79. The van der Waals surface area contributed by atoms with Crippen LogP contribution in [0.15, 0.2) is 81.9 Å². The van der Waals surface area contributed by atoms with Gasteiger partial charge in [0.2, 0.25) is 0 Å². The van der Waals surface area contributed by atoms with Crippen molar-refractivity contribution in [2.24, 2.45) is 10.2 Å². The molecule has 4 aromatic carbocycles. The van der Waals surface area contributed by atoms with E-state index in [1.165, 1.54) is 12.1 Å². The first kappa shape index (κ1) is 17.9. The highest BCUT2D eigenvalue weighted by Crippen LogP contribution is 2.41. The second kappa shape index (κ2) is 6.59. The van der Waals surface area contributed by atoms with Crippen molar-refractivity contribution in [2.75, 3.05) is 0 Å². The number of azo groups is 1. The van der Waals surface area contributed by atoms with Crippen LogP contribution in [-0.4, -0.2) is 18.1 Å². The van der Waals surface area contributed by atoms with Crippen LogP contribution in [0.5, 0.6) is 11.5 Å². The fourth-order valence-electron chi connectivity index (χ4n) is 3.07. The number of hydrogen-bond donors (Lipinski definition) is 2. The van der Waals surface area contributed by atoms with Gasteiger partial charge in [0.05, 0.1) is 5.69 Å². The van der Waals surface area contributed by atoms with Gasteiger partial charge >= 0.3 is 0 Å². The standard InChI is InChI=1S/C20H14N2O5S/c23-16-10-9-12-5-1-2-6-13(12)19(16)21-22-20-15-8-4-3-7-14(15)18(11-17(20)24)28(25,26)27/h1-11,23-24H,(H,25,26,27)/p-1. The van der Waals surface area contributed by atoms with Crippen LogP contribution in [0.1, 0.15) is 0 Å². The van der Waals surface area contributed by atoms with Crippen molar-refractivity contribution in [1.29, 1.82) is 0 Å². The third-order valence-corrected chi connectivity index (χ3v) is 5.24. The number of aromatic hydroxyl groups is 1. The van der Waals surface area contributed by atoms with Gasteiger partial charge in [0.1, 0.15) is 16.3 Å². The third kappa shape index (κ3) is 3.04. The maximum absolute atomic E-state index is 12.3. The summed E-state index contributed by atoms with van der Waals surface area (Å²) in [6.45, 7) is 0. The Balaban J connectivity index is 1.95. The molecule has 0 bridgehead atoms. The molecule has 0 unspecified atom stereocenters. The molecule has 0 radical (unpaired) electrons. The van der Waals surface area contributed by atoms with Crippen LogP contribution >= 0.6 is 0 Å². The lowest BCUT2D eigenvalue weighted by atomic mass is 10.1. The van der Waals surface area contributed by atoms with Crippen LogP contribution in [0, 0.1) is 0 Å². The zero-order valence-corrected chi connectivity index (χ0v) is 15.1. The molecule has 4 rings (SSSR count). The lowest BCUT2D eigenvalue weighted by molar-refractivity contribution is -0.267. The Labute approximate surface area is 160 Å². The molecule has 8 heteroatoms. The van der Waals surface area contributed by atoms with Crippen LogP contribution in [0.2, 0.25) is 0 Å². The van der Waals surface area contributed by atoms with Gasteiger partial charge in [0.15, 0.2) is 0 Å². The van der Waals surface area contributed by atoms with Gasteiger partial charge in [-0.3, -0.25) is 4.55 Å². The number of hydrogen-bond acceptors (Lipinski definition) is 6. The van der Waals surface area contributed by atoms with E-state index in [-0.39, 0.29) is 27.9 Å². The highest BCUT2D eigenvalue weighted by atomic mass is 32.2. The van der Waals surface area contributed by atoms with Crippen LogP contribution in [-0.2, 0) is 10.1 Å². The average molecular weight is 393 g/mol. The summed E-state index contributed by atoms with van der Waals surface area (Å²) in [6.07, 6.45) is 0. The zero-order valence-electron chi connectivity index (χ0n) is 14.3. The summed E-state index contributed by atoms with van der Waals surface area (Å²) >= 11 is 0. The summed E-state index contributed by atoms with van der Waals surface area (Å²) in [5.74, 6) is -0.816. The first-order chi connectivity index (χ1) is 13.4. The molecular formula is C20H13N2O5S-. The van der Waals surface area contributed by atoms with E-state index in [1.54, 1.807) is 36.4 Å². The van der Waals surface area contributed by atoms with E-state index >= 15 is 0 Å². The number of benzene rings is 4. The van der Waals surface area contributed by atoms with Gasteiger partial charge in [-0.05, 0) is 5.39 Å². The largest absolute Gasteiger partial charge is 0.871 e. The summed E-state index contributed by atoms with van der Waals surface area (Å²) in [5, 5.41) is 32.5. The number of rotatable bonds is 3. The van der Waals surface area contributed by atoms with E-state index in [9.17, 15) is 23.2 Å². The Morgan fingerprint density at radius 2 is 1.39 bits per heavy atom. The normalized spacial score (nSPS) is 12.2. The Morgan fingerprint density at radius 3 is 2.11 bits per heavy atom. The molecule has 140 valence electrons. The molecule has 0 atom stereocenters. The molecule has 0 aliphatic rings. The highest BCUT2D eigenvalue weighted by Gasteiger charge is 2.19. The molecule has 2 N–H and O–H groups in total. The molecule has 0 heterocycles. The molecule has 0 aliphatic heterocycles. The Kier molecular flexibility index (Phi) is 4.21. The predicted molar refractivity (Wildman–Crippen MR) is 103 cm³/mol. The quantitative estimate of drug-likeness (QED) is 0.394. The van der Waals surface area contributed by atoms with Crippen molar-refractivity contribution in [3.63, 3.8) is 0 Å². The SMILES string of the molecule is O=S(=O)(O)c1cc(O)c(N=Nc2c([O-])ccc3ccccc23)c2ccccc12. The molecule has 0 saturated heterocycles. The zero-order chi connectivity index (χ0) is 19.9. The van der Waals surface area contributed by atoms with Crippen molar-refractivity contribution in [3.8, 4) is 11.5 Å². The van der Waals surface area contributed by atoms with Crippen molar-refractivity contribution < 1.29 is 23.2 Å². The second-order valence-electron chi connectivity index (χ2n) is 6.10. The van der Waals surface area contributed by atoms with Gasteiger partial charge in [0.25, 0.3) is 10.1 Å².